The van der Waals surface area contributed by atoms with E-state index in [1.54, 1.807) is 48.5 Å². The summed E-state index contributed by atoms with van der Waals surface area (Å²) >= 11 is 0. The van der Waals surface area contributed by atoms with E-state index < -0.39 is 11.8 Å². The molecule has 0 heterocycles. The van der Waals surface area contributed by atoms with Crippen LogP contribution in [-0.2, 0) is 22.4 Å². The van der Waals surface area contributed by atoms with Crippen molar-refractivity contribution < 1.29 is 9.59 Å². The van der Waals surface area contributed by atoms with Crippen LogP contribution in [0.4, 0.5) is 0 Å². The summed E-state index contributed by atoms with van der Waals surface area (Å²) in [6.45, 7) is 0. The van der Waals surface area contributed by atoms with Crippen molar-refractivity contribution in [2.24, 2.45) is 0 Å². The van der Waals surface area contributed by atoms with E-state index in [2.05, 4.69) is 0 Å². The molecule has 0 bridgehead atoms. The number of carbonyl (C=O) groups excluding carboxylic acids is 2. The Hall–Kier alpha value is -4.26. The van der Waals surface area contributed by atoms with Gasteiger partial charge >= 0.3 is 0 Å². The lowest BCUT2D eigenvalue weighted by Crippen LogP contribution is -2.16. The molecule has 0 radical (unpaired) electrons. The third kappa shape index (κ3) is 5.62. The lowest BCUT2D eigenvalue weighted by atomic mass is 9.89. The van der Waals surface area contributed by atoms with Crippen molar-refractivity contribution >= 4 is 11.6 Å². The molecule has 0 aliphatic heterocycles. The minimum Gasteiger partial charge on any atom is -0.298 e. The minimum atomic E-state index is -1.00. The van der Waals surface area contributed by atoms with E-state index in [9.17, 15) is 20.1 Å². The van der Waals surface area contributed by atoms with Crippen LogP contribution in [0.15, 0.2) is 48.5 Å². The molecule has 6 heteroatoms. The Morgan fingerprint density at radius 2 is 0.967 bits per heavy atom. The van der Waals surface area contributed by atoms with Gasteiger partial charge in [0.2, 0.25) is 0 Å². The highest BCUT2D eigenvalue weighted by atomic mass is 16.1. The minimum absolute atomic E-state index is 0.137. The molecule has 0 spiro atoms. The van der Waals surface area contributed by atoms with Crippen LogP contribution in [0.3, 0.4) is 0 Å². The van der Waals surface area contributed by atoms with Crippen LogP contribution in [0.5, 0.6) is 0 Å². The lowest BCUT2D eigenvalue weighted by Gasteiger charge is -2.11. The molecule has 0 N–H and O–H groups in total. The Kier molecular flexibility index (Phi) is 8.02. The van der Waals surface area contributed by atoms with Crippen LogP contribution >= 0.6 is 0 Å². The molecule has 0 saturated heterocycles. The van der Waals surface area contributed by atoms with Gasteiger partial charge in [0.1, 0.15) is 11.8 Å². The molecule has 2 rings (SSSR count). The first kappa shape index (κ1) is 22.0. The zero-order valence-electron chi connectivity index (χ0n) is 16.2. The molecule has 0 amide bonds. The Morgan fingerprint density at radius 3 is 1.23 bits per heavy atom. The second-order valence-corrected chi connectivity index (χ2v) is 6.71. The quantitative estimate of drug-likeness (QED) is 0.638. The first-order valence-corrected chi connectivity index (χ1v) is 9.30. The first-order valence-electron chi connectivity index (χ1n) is 9.30. The van der Waals surface area contributed by atoms with Crippen LogP contribution in [-0.4, -0.2) is 11.6 Å². The van der Waals surface area contributed by atoms with Crippen molar-refractivity contribution in [3.63, 3.8) is 0 Å². The van der Waals surface area contributed by atoms with Crippen molar-refractivity contribution in [1.29, 1.82) is 21.0 Å². The summed E-state index contributed by atoms with van der Waals surface area (Å²) in [5, 5.41) is 36.2. The predicted molar refractivity (Wildman–Crippen MR) is 107 cm³/mol. The van der Waals surface area contributed by atoms with Crippen LogP contribution in [0.25, 0.3) is 0 Å². The Balaban J connectivity index is 2.03. The molecule has 30 heavy (non-hydrogen) atoms. The van der Waals surface area contributed by atoms with Gasteiger partial charge in [-0.2, -0.15) is 21.0 Å². The largest absolute Gasteiger partial charge is 0.298 e. The molecule has 6 nitrogen and oxygen atoms in total. The van der Waals surface area contributed by atoms with E-state index in [-0.39, 0.29) is 37.2 Å². The monoisotopic (exact) mass is 394 g/mol. The Labute approximate surface area is 175 Å². The summed E-state index contributed by atoms with van der Waals surface area (Å²) in [4.78, 5) is 25.0. The van der Waals surface area contributed by atoms with Gasteiger partial charge in [-0.05, 0) is 22.3 Å². The fourth-order valence-electron chi connectivity index (χ4n) is 3.04. The number of nitriles is 4. The summed E-state index contributed by atoms with van der Waals surface area (Å²) in [5.74, 6) is -2.78. The van der Waals surface area contributed by atoms with Gasteiger partial charge in [-0.25, -0.2) is 0 Å². The van der Waals surface area contributed by atoms with Crippen molar-refractivity contribution in [3.05, 3.63) is 70.8 Å². The number of hydrogen-bond acceptors (Lipinski definition) is 6. The number of ketones is 2. The van der Waals surface area contributed by atoms with Crippen LogP contribution in [0, 0.1) is 45.3 Å². The maximum atomic E-state index is 12.5. The normalized spacial score (nSPS) is 11.7. The Morgan fingerprint density at radius 1 is 0.633 bits per heavy atom. The first-order chi connectivity index (χ1) is 14.5. The lowest BCUT2D eigenvalue weighted by molar-refractivity contribution is -0.124. The molecular weight excluding hydrogens is 376 g/mol. The SMILES string of the molecule is N#CCc1ccc([C@@H](C#N)C(=O)CCC(=O)[C@H](C#N)c2ccc(CC#N)cc2)cc1. The van der Waals surface area contributed by atoms with E-state index in [1.807, 2.05) is 24.3 Å². The van der Waals surface area contributed by atoms with E-state index in [0.29, 0.717) is 11.1 Å². The highest BCUT2D eigenvalue weighted by molar-refractivity contribution is 5.94. The molecular formula is C24H18N4O2. The zero-order valence-corrected chi connectivity index (χ0v) is 16.2. The zero-order chi connectivity index (χ0) is 21.9. The van der Waals surface area contributed by atoms with E-state index in [4.69, 9.17) is 10.5 Å². The molecule has 0 aliphatic rings. The molecule has 0 fully saturated rings. The van der Waals surface area contributed by atoms with Crippen molar-refractivity contribution in [1.82, 2.24) is 0 Å². The summed E-state index contributed by atoms with van der Waals surface area (Å²) < 4.78 is 0. The van der Waals surface area contributed by atoms with E-state index in [0.717, 1.165) is 11.1 Å². The summed E-state index contributed by atoms with van der Waals surface area (Å²) in [5.41, 5.74) is 2.61. The maximum absolute atomic E-state index is 12.5. The molecule has 146 valence electrons. The number of rotatable bonds is 9. The van der Waals surface area contributed by atoms with E-state index in [1.165, 1.54) is 0 Å². The number of hydrogen-bond donors (Lipinski definition) is 0. The van der Waals surface area contributed by atoms with Crippen molar-refractivity contribution in [3.8, 4) is 24.3 Å². The Bertz CT molecular complexity index is 985. The summed E-state index contributed by atoms with van der Waals surface area (Å²) in [6, 6.07) is 21.4. The van der Waals surface area contributed by atoms with Crippen LogP contribution in [0.2, 0.25) is 0 Å². The third-order valence-corrected chi connectivity index (χ3v) is 4.71. The molecule has 0 aromatic heterocycles. The molecule has 0 saturated carbocycles. The average Bonchev–Trinajstić information content (AvgIpc) is 2.76. The standard InChI is InChI=1S/C24H18N4O2/c25-13-11-17-1-5-19(6-2-17)21(15-27)23(29)9-10-24(30)22(16-28)20-7-3-18(4-8-20)12-14-26/h1-8,21-22H,9-12H2/t21-,22-/m1/s1. The topological polar surface area (TPSA) is 129 Å². The third-order valence-electron chi connectivity index (χ3n) is 4.71. The highest BCUT2D eigenvalue weighted by Crippen LogP contribution is 2.23. The molecule has 2 aromatic rings. The van der Waals surface area contributed by atoms with Crippen LogP contribution in [0.1, 0.15) is 46.9 Å². The van der Waals surface area contributed by atoms with Crippen molar-refractivity contribution in [2.75, 3.05) is 0 Å². The predicted octanol–water partition coefficient (Wildman–Crippen LogP) is 3.65. The van der Waals surface area contributed by atoms with Gasteiger partial charge in [0, 0.05) is 12.8 Å². The van der Waals surface area contributed by atoms with Gasteiger partial charge in [0.15, 0.2) is 11.6 Å². The van der Waals surface area contributed by atoms with Gasteiger partial charge < -0.3 is 0 Å². The second-order valence-electron chi connectivity index (χ2n) is 6.71. The van der Waals surface area contributed by atoms with Gasteiger partial charge in [0.05, 0.1) is 37.1 Å². The van der Waals surface area contributed by atoms with Gasteiger partial charge in [-0.1, -0.05) is 48.5 Å². The number of nitrogens with zero attached hydrogens (tertiary/aromatic N) is 4. The molecule has 0 aliphatic carbocycles. The van der Waals surface area contributed by atoms with Crippen LogP contribution < -0.4 is 0 Å². The van der Waals surface area contributed by atoms with Gasteiger partial charge in [-0.15, -0.1) is 0 Å². The fourth-order valence-corrected chi connectivity index (χ4v) is 3.04. The molecule has 2 atom stereocenters. The summed E-state index contributed by atoms with van der Waals surface area (Å²) in [6.07, 6.45) is 0.212. The van der Waals surface area contributed by atoms with Gasteiger partial charge in [-0.3, -0.25) is 9.59 Å². The number of Topliss-reactive ketones (excluding diaryl/α,β-unsaturated/α-hetero) is 2. The molecule has 0 unspecified atom stereocenters. The van der Waals surface area contributed by atoms with E-state index >= 15 is 0 Å². The average molecular weight is 394 g/mol. The van der Waals surface area contributed by atoms with Crippen molar-refractivity contribution in [2.45, 2.75) is 37.5 Å². The fraction of sp³-hybridized carbons (Fsp3) is 0.250. The molecule has 2 aromatic carbocycles. The van der Waals surface area contributed by atoms with Gasteiger partial charge in [0.25, 0.3) is 0 Å². The second kappa shape index (κ2) is 10.9. The maximum Gasteiger partial charge on any atom is 0.154 e. The number of carbonyl (C=O) groups is 2. The smallest absolute Gasteiger partial charge is 0.154 e. The number of benzene rings is 2. The summed E-state index contributed by atoms with van der Waals surface area (Å²) in [7, 11) is 0. The highest BCUT2D eigenvalue weighted by Gasteiger charge is 2.24.